The van der Waals surface area contributed by atoms with Crippen LogP contribution in [0.1, 0.15) is 59.6 Å². The Morgan fingerprint density at radius 2 is 2.00 bits per heavy atom. The van der Waals surface area contributed by atoms with Gasteiger partial charge in [0.1, 0.15) is 4.88 Å². The molecular weight excluding hydrogens is 472 g/mol. The molecule has 0 radical (unpaired) electrons. The summed E-state index contributed by atoms with van der Waals surface area (Å²) in [5.41, 5.74) is 1.27. The van der Waals surface area contributed by atoms with Gasteiger partial charge in [-0.3, -0.25) is 4.79 Å². The summed E-state index contributed by atoms with van der Waals surface area (Å²) < 4.78 is 34.1. The van der Waals surface area contributed by atoms with Gasteiger partial charge in [-0.05, 0) is 48.4 Å². The van der Waals surface area contributed by atoms with E-state index in [4.69, 9.17) is 4.74 Å². The first kappa shape index (κ1) is 27.0. The number of rotatable bonds is 11. The highest BCUT2D eigenvalue weighted by Gasteiger charge is 2.54. The number of aryl methyl sites for hydroxylation is 1. The topological polar surface area (TPSA) is 66.8 Å². The molecule has 8 heteroatoms. The quantitative estimate of drug-likeness (QED) is 0.405. The molecule has 1 saturated heterocycles. The van der Waals surface area contributed by atoms with Crippen molar-refractivity contribution in [2.24, 2.45) is 5.92 Å². The number of likely N-dealkylation sites (tertiary alicyclic amines) is 1. The van der Waals surface area contributed by atoms with E-state index < -0.39 is 36.4 Å². The Kier molecular flexibility index (Phi) is 9.19. The normalized spacial score (nSPS) is 19.6. The molecule has 1 aliphatic rings. The summed E-state index contributed by atoms with van der Waals surface area (Å²) >= 11 is 1.30. The third kappa shape index (κ3) is 6.55. The predicted octanol–water partition coefficient (Wildman–Crippen LogP) is 5.58. The zero-order chi connectivity index (χ0) is 25.6. The molecule has 0 bridgehead atoms. The van der Waals surface area contributed by atoms with Crippen LogP contribution in [0.4, 0.5) is 8.78 Å². The maximum Gasteiger partial charge on any atom is 0.348 e. The molecule has 1 N–H and O–H groups in total. The van der Waals surface area contributed by atoms with E-state index in [1.165, 1.54) is 23.3 Å². The lowest BCUT2D eigenvalue weighted by Gasteiger charge is -2.28. The average molecular weight is 506 g/mol. The van der Waals surface area contributed by atoms with E-state index in [9.17, 15) is 23.5 Å². The number of esters is 1. The van der Waals surface area contributed by atoms with Gasteiger partial charge in [0.2, 0.25) is 0 Å². The van der Waals surface area contributed by atoms with Crippen LogP contribution in [0.25, 0.3) is 5.57 Å². The minimum Gasteiger partial charge on any atom is -0.465 e. The van der Waals surface area contributed by atoms with Gasteiger partial charge in [0.25, 0.3) is 5.91 Å². The SMILES string of the molecule is CCC[C@H](C)C(O)C=C(c1ccccc1)[C@H]1CC(F)(F)C(=O)N1CCCc1ccc(C(=O)OC)s1. The molecule has 35 heavy (non-hydrogen) atoms. The third-order valence-electron chi connectivity index (χ3n) is 6.41. The molecule has 3 rings (SSSR count). The largest absolute Gasteiger partial charge is 0.465 e. The van der Waals surface area contributed by atoms with Gasteiger partial charge < -0.3 is 14.7 Å². The molecule has 1 amide bonds. The van der Waals surface area contributed by atoms with E-state index in [0.717, 1.165) is 23.3 Å². The molecule has 0 spiro atoms. The molecule has 190 valence electrons. The molecule has 1 aliphatic heterocycles. The Morgan fingerprint density at radius 3 is 2.66 bits per heavy atom. The molecule has 1 fully saturated rings. The van der Waals surface area contributed by atoms with Crippen molar-refractivity contribution in [2.45, 2.75) is 64.0 Å². The first-order valence-corrected chi connectivity index (χ1v) is 12.8. The molecule has 1 unspecified atom stereocenters. The van der Waals surface area contributed by atoms with Crippen LogP contribution in [0.3, 0.4) is 0 Å². The lowest BCUT2D eigenvalue weighted by atomic mass is 9.90. The van der Waals surface area contributed by atoms with Crippen LogP contribution >= 0.6 is 11.3 Å². The number of alkyl halides is 2. The van der Waals surface area contributed by atoms with Crippen LogP contribution in [-0.4, -0.2) is 53.6 Å². The minimum atomic E-state index is -3.46. The highest BCUT2D eigenvalue weighted by molar-refractivity contribution is 7.13. The second-order valence-corrected chi connectivity index (χ2v) is 10.2. The first-order chi connectivity index (χ1) is 16.7. The Hall–Kier alpha value is -2.58. The number of carbonyl (C=O) groups is 2. The molecule has 3 atom stereocenters. The molecular formula is C27H33F2NO4S. The number of carbonyl (C=O) groups excluding carboxylic acids is 2. The summed E-state index contributed by atoms with van der Waals surface area (Å²) in [5, 5.41) is 10.8. The molecule has 1 aromatic carbocycles. The number of thiophene rings is 1. The van der Waals surface area contributed by atoms with Crippen molar-refractivity contribution in [3.8, 4) is 0 Å². The number of amides is 1. The van der Waals surface area contributed by atoms with E-state index in [0.29, 0.717) is 23.3 Å². The highest BCUT2D eigenvalue weighted by Crippen LogP contribution is 2.40. The van der Waals surface area contributed by atoms with Crippen LogP contribution in [0, 0.1) is 5.92 Å². The van der Waals surface area contributed by atoms with Crippen molar-refractivity contribution in [3.63, 3.8) is 0 Å². The van der Waals surface area contributed by atoms with E-state index >= 15 is 0 Å². The Morgan fingerprint density at radius 1 is 1.29 bits per heavy atom. The van der Waals surface area contributed by atoms with E-state index in [1.807, 2.05) is 50.2 Å². The van der Waals surface area contributed by atoms with Crippen LogP contribution in [0.15, 0.2) is 48.5 Å². The molecule has 2 aromatic rings. The summed E-state index contributed by atoms with van der Waals surface area (Å²) in [7, 11) is 1.32. The molecule has 5 nitrogen and oxygen atoms in total. The summed E-state index contributed by atoms with van der Waals surface area (Å²) in [6.07, 6.45) is 2.95. The number of methoxy groups -OCH3 is 1. The summed E-state index contributed by atoms with van der Waals surface area (Å²) in [6, 6.07) is 11.8. The number of benzene rings is 1. The van der Waals surface area contributed by atoms with Gasteiger partial charge >= 0.3 is 11.9 Å². The number of halogens is 2. The zero-order valence-corrected chi connectivity index (χ0v) is 21.2. The van der Waals surface area contributed by atoms with Crippen molar-refractivity contribution >= 4 is 28.8 Å². The fourth-order valence-electron chi connectivity index (χ4n) is 4.48. The van der Waals surface area contributed by atoms with Crippen LogP contribution in [0.5, 0.6) is 0 Å². The number of hydrogen-bond acceptors (Lipinski definition) is 5. The number of hydrogen-bond donors (Lipinski definition) is 1. The number of aliphatic hydroxyl groups is 1. The van der Waals surface area contributed by atoms with Gasteiger partial charge in [-0.15, -0.1) is 11.3 Å². The number of aliphatic hydroxyl groups excluding tert-OH is 1. The fourth-order valence-corrected chi connectivity index (χ4v) is 5.45. The van der Waals surface area contributed by atoms with Gasteiger partial charge in [0.05, 0.1) is 19.3 Å². The standard InChI is InChI=1S/C27H33F2NO4S/c1-4-9-18(2)23(31)16-21(19-10-6-5-7-11-19)22-17-27(28,29)26(33)30(22)15-8-12-20-13-14-24(35-20)25(32)34-3/h5-7,10-11,13-14,16,18,22-23,31H,4,8-9,12,15,17H2,1-3H3/t18-,22+,23?/m0/s1. The number of ether oxygens (including phenoxy) is 1. The van der Waals surface area contributed by atoms with Crippen LogP contribution in [0.2, 0.25) is 0 Å². The molecule has 2 heterocycles. The summed E-state index contributed by atoms with van der Waals surface area (Å²) in [6.45, 7) is 4.11. The van der Waals surface area contributed by atoms with Gasteiger partial charge in [0.15, 0.2) is 0 Å². The second-order valence-electron chi connectivity index (χ2n) is 9.03. The lowest BCUT2D eigenvalue weighted by Crippen LogP contribution is -2.38. The van der Waals surface area contributed by atoms with Crippen LogP contribution < -0.4 is 0 Å². The van der Waals surface area contributed by atoms with Crippen molar-refractivity contribution < 1.29 is 28.2 Å². The predicted molar refractivity (Wildman–Crippen MR) is 134 cm³/mol. The monoisotopic (exact) mass is 505 g/mol. The van der Waals surface area contributed by atoms with Gasteiger partial charge in [0, 0.05) is 17.8 Å². The van der Waals surface area contributed by atoms with E-state index in [2.05, 4.69) is 0 Å². The van der Waals surface area contributed by atoms with Gasteiger partial charge in [-0.1, -0.05) is 56.7 Å². The number of nitrogens with zero attached hydrogens (tertiary/aromatic N) is 1. The third-order valence-corrected chi connectivity index (χ3v) is 7.54. The first-order valence-electron chi connectivity index (χ1n) is 12.0. The molecule has 0 saturated carbocycles. The van der Waals surface area contributed by atoms with Crippen molar-refractivity contribution in [2.75, 3.05) is 13.7 Å². The highest BCUT2D eigenvalue weighted by atomic mass is 32.1. The molecule has 1 aromatic heterocycles. The van der Waals surface area contributed by atoms with E-state index in [-0.39, 0.29) is 12.5 Å². The fraction of sp³-hybridized carbons (Fsp3) is 0.481. The Bertz CT molecular complexity index is 1040. The van der Waals surface area contributed by atoms with Gasteiger partial charge in [-0.25, -0.2) is 4.79 Å². The van der Waals surface area contributed by atoms with Crippen LogP contribution in [-0.2, 0) is 16.0 Å². The smallest absolute Gasteiger partial charge is 0.348 e. The summed E-state index contributed by atoms with van der Waals surface area (Å²) in [4.78, 5) is 27.0. The van der Waals surface area contributed by atoms with Crippen molar-refractivity contribution in [1.82, 2.24) is 4.90 Å². The van der Waals surface area contributed by atoms with E-state index in [1.54, 1.807) is 12.1 Å². The maximum atomic E-state index is 14.7. The minimum absolute atomic E-state index is 0.0346. The van der Waals surface area contributed by atoms with Gasteiger partial charge in [-0.2, -0.15) is 8.78 Å². The zero-order valence-electron chi connectivity index (χ0n) is 20.4. The molecule has 0 aliphatic carbocycles. The van der Waals surface area contributed by atoms with Crippen molar-refractivity contribution in [3.05, 3.63) is 63.9 Å². The Labute approximate surface area is 209 Å². The average Bonchev–Trinajstić information content (AvgIpc) is 3.40. The maximum absolute atomic E-state index is 14.7. The Balaban J connectivity index is 1.84. The second kappa shape index (κ2) is 11.9. The van der Waals surface area contributed by atoms with Crippen molar-refractivity contribution in [1.29, 1.82) is 0 Å². The summed E-state index contributed by atoms with van der Waals surface area (Å²) in [5.74, 6) is -5.09. The lowest BCUT2D eigenvalue weighted by molar-refractivity contribution is -0.148.